The molecule has 3 N–H and O–H groups in total. The zero-order chi connectivity index (χ0) is 16.1. The minimum absolute atomic E-state index is 0.0178. The van der Waals surface area contributed by atoms with Crippen LogP contribution in [0.4, 0.5) is 5.69 Å². The van der Waals surface area contributed by atoms with Gasteiger partial charge in [0.2, 0.25) is 5.91 Å². The highest BCUT2D eigenvalue weighted by molar-refractivity contribution is 9.10. The van der Waals surface area contributed by atoms with E-state index in [1.807, 2.05) is 0 Å². The van der Waals surface area contributed by atoms with Gasteiger partial charge in [0.15, 0.2) is 0 Å². The number of hydrogen-bond donors (Lipinski definition) is 2. The smallest absolute Gasteiger partial charge is 0.236 e. The van der Waals surface area contributed by atoms with Crippen molar-refractivity contribution in [2.75, 3.05) is 24.5 Å². The van der Waals surface area contributed by atoms with Crippen LogP contribution < -0.4 is 16.0 Å². The Hall–Kier alpha value is -1.07. The minimum Gasteiger partial charge on any atom is -0.371 e. The van der Waals surface area contributed by atoms with Crippen molar-refractivity contribution in [3.63, 3.8) is 0 Å². The molecule has 122 valence electrons. The van der Waals surface area contributed by atoms with Crippen molar-refractivity contribution in [3.05, 3.63) is 28.7 Å². The molecular formula is C17H26BrN3O. The van der Waals surface area contributed by atoms with Gasteiger partial charge in [0, 0.05) is 29.8 Å². The van der Waals surface area contributed by atoms with Gasteiger partial charge in [-0.1, -0.05) is 29.8 Å². The Morgan fingerprint density at radius 3 is 2.73 bits per heavy atom. The Labute approximate surface area is 141 Å². The van der Waals surface area contributed by atoms with Crippen molar-refractivity contribution in [2.45, 2.75) is 32.7 Å². The Morgan fingerprint density at radius 2 is 2.09 bits per heavy atom. The van der Waals surface area contributed by atoms with Crippen LogP contribution >= 0.6 is 15.9 Å². The molecule has 0 radical (unpaired) electrons. The second kappa shape index (κ2) is 7.97. The summed E-state index contributed by atoms with van der Waals surface area (Å²) < 4.78 is 1.10. The molecule has 0 saturated carbocycles. The fourth-order valence-corrected chi connectivity index (χ4v) is 3.14. The molecule has 1 unspecified atom stereocenters. The topological polar surface area (TPSA) is 58.4 Å². The SMILES string of the molecule is CC(C)C[C@H](N)C(=O)NCC1CCN(c2ccc(Br)cc2)C1. The molecule has 4 nitrogen and oxygen atoms in total. The lowest BCUT2D eigenvalue weighted by molar-refractivity contribution is -0.122. The fraction of sp³-hybridized carbons (Fsp3) is 0.588. The van der Waals surface area contributed by atoms with Crippen molar-refractivity contribution in [3.8, 4) is 0 Å². The largest absolute Gasteiger partial charge is 0.371 e. The van der Waals surface area contributed by atoms with E-state index in [1.54, 1.807) is 0 Å². The number of anilines is 1. The van der Waals surface area contributed by atoms with Crippen LogP contribution in [-0.4, -0.2) is 31.6 Å². The van der Waals surface area contributed by atoms with Gasteiger partial charge in [-0.3, -0.25) is 4.79 Å². The number of amides is 1. The summed E-state index contributed by atoms with van der Waals surface area (Å²) in [6.45, 7) is 6.92. The zero-order valence-corrected chi connectivity index (χ0v) is 15.0. The normalized spacial score (nSPS) is 19.5. The number of carbonyl (C=O) groups is 1. The lowest BCUT2D eigenvalue weighted by Crippen LogP contribution is -2.43. The molecule has 1 aliphatic heterocycles. The molecule has 1 heterocycles. The molecule has 1 amide bonds. The molecule has 0 aliphatic carbocycles. The lowest BCUT2D eigenvalue weighted by atomic mass is 10.0. The van der Waals surface area contributed by atoms with E-state index in [-0.39, 0.29) is 11.9 Å². The molecule has 1 aromatic rings. The van der Waals surface area contributed by atoms with Crippen molar-refractivity contribution < 1.29 is 4.79 Å². The standard InChI is InChI=1S/C17H26BrN3O/c1-12(2)9-16(19)17(22)20-10-13-7-8-21(11-13)15-5-3-14(18)4-6-15/h3-6,12-13,16H,7-11,19H2,1-2H3,(H,20,22)/t13?,16-/m0/s1. The van der Waals surface area contributed by atoms with Crippen LogP contribution in [0.2, 0.25) is 0 Å². The summed E-state index contributed by atoms with van der Waals surface area (Å²) in [5, 5.41) is 3.01. The summed E-state index contributed by atoms with van der Waals surface area (Å²) in [7, 11) is 0. The van der Waals surface area contributed by atoms with Crippen LogP contribution in [0.3, 0.4) is 0 Å². The second-order valence-electron chi connectivity index (χ2n) is 6.56. The summed E-state index contributed by atoms with van der Waals surface area (Å²) >= 11 is 3.46. The van der Waals surface area contributed by atoms with E-state index < -0.39 is 0 Å². The second-order valence-corrected chi connectivity index (χ2v) is 7.47. The zero-order valence-electron chi connectivity index (χ0n) is 13.4. The van der Waals surface area contributed by atoms with Crippen LogP contribution in [0.25, 0.3) is 0 Å². The van der Waals surface area contributed by atoms with Gasteiger partial charge < -0.3 is 16.0 Å². The predicted molar refractivity (Wildman–Crippen MR) is 94.9 cm³/mol. The highest BCUT2D eigenvalue weighted by Crippen LogP contribution is 2.24. The summed E-state index contributed by atoms with van der Waals surface area (Å²) in [5.41, 5.74) is 7.15. The van der Waals surface area contributed by atoms with E-state index >= 15 is 0 Å². The van der Waals surface area contributed by atoms with E-state index in [0.717, 1.165) is 36.9 Å². The van der Waals surface area contributed by atoms with E-state index in [0.29, 0.717) is 11.8 Å². The third-order valence-electron chi connectivity index (χ3n) is 4.10. The monoisotopic (exact) mass is 367 g/mol. The molecule has 0 bridgehead atoms. The number of hydrogen-bond acceptors (Lipinski definition) is 3. The number of benzene rings is 1. The van der Waals surface area contributed by atoms with Gasteiger partial charge in [-0.05, 0) is 48.9 Å². The number of nitrogens with zero attached hydrogens (tertiary/aromatic N) is 1. The van der Waals surface area contributed by atoms with Gasteiger partial charge in [-0.2, -0.15) is 0 Å². The molecule has 2 atom stereocenters. The van der Waals surface area contributed by atoms with E-state index in [1.165, 1.54) is 5.69 Å². The van der Waals surface area contributed by atoms with E-state index in [9.17, 15) is 4.79 Å². The van der Waals surface area contributed by atoms with Crippen LogP contribution in [0, 0.1) is 11.8 Å². The molecule has 2 rings (SSSR count). The third kappa shape index (κ3) is 4.99. The first-order chi connectivity index (χ1) is 10.5. The molecule has 1 aliphatic rings. The maximum atomic E-state index is 12.0. The van der Waals surface area contributed by atoms with Gasteiger partial charge >= 0.3 is 0 Å². The van der Waals surface area contributed by atoms with Gasteiger partial charge in [-0.25, -0.2) is 0 Å². The van der Waals surface area contributed by atoms with Gasteiger partial charge in [0.1, 0.15) is 0 Å². The number of rotatable bonds is 6. The number of nitrogens with two attached hydrogens (primary N) is 1. The molecule has 1 fully saturated rings. The fourth-order valence-electron chi connectivity index (χ4n) is 2.88. The van der Waals surface area contributed by atoms with Crippen molar-refractivity contribution in [1.82, 2.24) is 5.32 Å². The predicted octanol–water partition coefficient (Wildman–Crippen LogP) is 2.77. The maximum Gasteiger partial charge on any atom is 0.236 e. The third-order valence-corrected chi connectivity index (χ3v) is 4.63. The average Bonchev–Trinajstić information content (AvgIpc) is 2.93. The van der Waals surface area contributed by atoms with Crippen LogP contribution in [0.1, 0.15) is 26.7 Å². The number of halogens is 1. The van der Waals surface area contributed by atoms with E-state index in [2.05, 4.69) is 64.3 Å². The molecule has 22 heavy (non-hydrogen) atoms. The summed E-state index contributed by atoms with van der Waals surface area (Å²) in [6, 6.07) is 8.00. The van der Waals surface area contributed by atoms with Crippen LogP contribution in [-0.2, 0) is 4.79 Å². The Morgan fingerprint density at radius 1 is 1.41 bits per heavy atom. The summed E-state index contributed by atoms with van der Waals surface area (Å²) in [5.74, 6) is 0.926. The molecule has 0 spiro atoms. The van der Waals surface area contributed by atoms with Crippen molar-refractivity contribution in [2.24, 2.45) is 17.6 Å². The highest BCUT2D eigenvalue weighted by atomic mass is 79.9. The molecule has 1 aromatic carbocycles. The Kier molecular flexibility index (Phi) is 6.26. The first kappa shape index (κ1) is 17.3. The quantitative estimate of drug-likeness (QED) is 0.812. The lowest BCUT2D eigenvalue weighted by Gasteiger charge is -2.19. The average molecular weight is 368 g/mol. The molecule has 0 aromatic heterocycles. The maximum absolute atomic E-state index is 12.0. The molecule has 5 heteroatoms. The number of nitrogens with one attached hydrogen (secondary N) is 1. The van der Waals surface area contributed by atoms with Gasteiger partial charge in [0.05, 0.1) is 6.04 Å². The molecular weight excluding hydrogens is 342 g/mol. The summed E-state index contributed by atoms with van der Waals surface area (Å²) in [6.07, 6.45) is 1.84. The van der Waals surface area contributed by atoms with Crippen molar-refractivity contribution in [1.29, 1.82) is 0 Å². The summed E-state index contributed by atoms with van der Waals surface area (Å²) in [4.78, 5) is 14.3. The van der Waals surface area contributed by atoms with Crippen molar-refractivity contribution >= 4 is 27.5 Å². The Bertz CT molecular complexity index is 489. The Balaban J connectivity index is 1.77. The first-order valence-electron chi connectivity index (χ1n) is 7.99. The van der Waals surface area contributed by atoms with Crippen LogP contribution in [0.15, 0.2) is 28.7 Å². The van der Waals surface area contributed by atoms with Gasteiger partial charge in [-0.15, -0.1) is 0 Å². The highest BCUT2D eigenvalue weighted by Gasteiger charge is 2.24. The van der Waals surface area contributed by atoms with Crippen LogP contribution in [0.5, 0.6) is 0 Å². The first-order valence-corrected chi connectivity index (χ1v) is 8.79. The van der Waals surface area contributed by atoms with E-state index in [4.69, 9.17) is 5.73 Å². The van der Waals surface area contributed by atoms with Gasteiger partial charge in [0.25, 0.3) is 0 Å². The minimum atomic E-state index is -0.385. The molecule has 1 saturated heterocycles. The number of carbonyl (C=O) groups excluding carboxylic acids is 1.